The van der Waals surface area contributed by atoms with E-state index >= 15 is 0 Å². The van der Waals surface area contributed by atoms with E-state index in [1.54, 1.807) is 7.11 Å². The van der Waals surface area contributed by atoms with Gasteiger partial charge in [0.05, 0.1) is 6.61 Å². The lowest BCUT2D eigenvalue weighted by Crippen LogP contribution is -2.24. The lowest BCUT2D eigenvalue weighted by molar-refractivity contribution is 0.144. The number of rotatable bonds is 7. The molecule has 2 saturated carbocycles. The van der Waals surface area contributed by atoms with Gasteiger partial charge in [0, 0.05) is 19.1 Å². The van der Waals surface area contributed by atoms with Crippen LogP contribution in [0.4, 0.5) is 11.5 Å². The average molecular weight is 306 g/mol. The van der Waals surface area contributed by atoms with Gasteiger partial charge in [0.1, 0.15) is 18.1 Å². The number of nitrogens with one attached hydrogen (secondary N) is 1. The predicted molar refractivity (Wildman–Crippen MR) is 86.3 cm³/mol. The Morgan fingerprint density at radius 2 is 1.86 bits per heavy atom. The quantitative estimate of drug-likeness (QED) is 0.754. The van der Waals surface area contributed by atoms with Crippen molar-refractivity contribution >= 4 is 11.5 Å². The maximum Gasteiger partial charge on any atom is 0.242 e. The van der Waals surface area contributed by atoms with Crippen molar-refractivity contribution in [2.24, 2.45) is 0 Å². The highest BCUT2D eigenvalue weighted by molar-refractivity contribution is 5.67. The van der Waals surface area contributed by atoms with Crippen LogP contribution in [0.1, 0.15) is 56.7 Å². The molecule has 1 aromatic rings. The summed E-state index contributed by atoms with van der Waals surface area (Å²) in [7, 11) is 1.65. The molecule has 6 nitrogen and oxygen atoms in total. The number of ether oxygens (including phenoxy) is 2. The highest BCUT2D eigenvalue weighted by Crippen LogP contribution is 2.41. The molecule has 1 aromatic heterocycles. The third-order valence-electron chi connectivity index (χ3n) is 4.34. The van der Waals surface area contributed by atoms with Crippen LogP contribution in [-0.2, 0) is 4.74 Å². The first kappa shape index (κ1) is 15.3. The van der Waals surface area contributed by atoms with Crippen LogP contribution in [0.15, 0.2) is 0 Å². The Morgan fingerprint density at radius 1 is 1.09 bits per heavy atom. The largest absolute Gasteiger partial charge is 0.474 e. The molecule has 0 amide bonds. The maximum atomic E-state index is 6.22. The number of hydrogen-bond donors (Lipinski definition) is 2. The monoisotopic (exact) mass is 306 g/mol. The van der Waals surface area contributed by atoms with Crippen LogP contribution in [0.3, 0.4) is 0 Å². The van der Waals surface area contributed by atoms with Gasteiger partial charge in [0.25, 0.3) is 0 Å². The summed E-state index contributed by atoms with van der Waals surface area (Å²) in [6, 6.07) is 0.463. The van der Waals surface area contributed by atoms with E-state index in [0.717, 1.165) is 24.5 Å². The third-order valence-corrected chi connectivity index (χ3v) is 4.34. The van der Waals surface area contributed by atoms with Gasteiger partial charge in [-0.2, -0.15) is 4.98 Å². The summed E-state index contributed by atoms with van der Waals surface area (Å²) in [5.41, 5.74) is 6.74. The molecule has 0 atom stereocenters. The molecule has 2 fully saturated rings. The van der Waals surface area contributed by atoms with Gasteiger partial charge in [0.15, 0.2) is 5.82 Å². The van der Waals surface area contributed by atoms with E-state index < -0.39 is 0 Å². The second kappa shape index (κ2) is 7.13. The Labute approximate surface area is 131 Å². The van der Waals surface area contributed by atoms with E-state index in [0.29, 0.717) is 36.7 Å². The minimum atomic E-state index is 0.449. The maximum absolute atomic E-state index is 6.22. The number of methoxy groups -OCH3 is 1. The fourth-order valence-electron chi connectivity index (χ4n) is 2.87. The normalized spacial score (nSPS) is 19.1. The average Bonchev–Trinajstić information content (AvgIpc) is 3.37. The van der Waals surface area contributed by atoms with E-state index in [1.165, 1.54) is 32.1 Å². The Kier molecular flexibility index (Phi) is 4.97. The van der Waals surface area contributed by atoms with E-state index in [1.807, 2.05) is 0 Å². The molecule has 0 unspecified atom stereocenters. The molecule has 22 heavy (non-hydrogen) atoms. The van der Waals surface area contributed by atoms with Crippen LogP contribution in [-0.4, -0.2) is 36.3 Å². The zero-order valence-electron chi connectivity index (χ0n) is 13.3. The zero-order chi connectivity index (χ0) is 15.4. The molecular formula is C16H26N4O2. The first-order valence-electron chi connectivity index (χ1n) is 8.33. The van der Waals surface area contributed by atoms with Gasteiger partial charge < -0.3 is 20.5 Å². The second-order valence-electron chi connectivity index (χ2n) is 6.24. The van der Waals surface area contributed by atoms with Crippen molar-refractivity contribution in [3.63, 3.8) is 0 Å². The lowest BCUT2D eigenvalue weighted by Gasteiger charge is -2.24. The second-order valence-corrected chi connectivity index (χ2v) is 6.24. The van der Waals surface area contributed by atoms with Crippen molar-refractivity contribution in [1.29, 1.82) is 0 Å². The summed E-state index contributed by atoms with van der Waals surface area (Å²) in [6.07, 6.45) is 8.56. The van der Waals surface area contributed by atoms with Gasteiger partial charge >= 0.3 is 0 Å². The van der Waals surface area contributed by atoms with E-state index in [9.17, 15) is 0 Å². The van der Waals surface area contributed by atoms with Crippen LogP contribution in [0.2, 0.25) is 0 Å². The molecule has 0 aliphatic heterocycles. The van der Waals surface area contributed by atoms with Crippen molar-refractivity contribution in [2.45, 2.75) is 56.9 Å². The first-order chi connectivity index (χ1) is 10.8. The summed E-state index contributed by atoms with van der Waals surface area (Å²) < 4.78 is 10.7. The van der Waals surface area contributed by atoms with Crippen LogP contribution < -0.4 is 15.8 Å². The van der Waals surface area contributed by atoms with Gasteiger partial charge in [-0.15, -0.1) is 0 Å². The number of nitrogen functional groups attached to an aromatic ring is 1. The lowest BCUT2D eigenvalue weighted by atomic mass is 9.95. The first-order valence-corrected chi connectivity index (χ1v) is 8.33. The molecule has 0 radical (unpaired) electrons. The van der Waals surface area contributed by atoms with Crippen molar-refractivity contribution in [3.05, 3.63) is 5.82 Å². The van der Waals surface area contributed by atoms with Crippen molar-refractivity contribution < 1.29 is 9.47 Å². The third kappa shape index (κ3) is 3.80. The van der Waals surface area contributed by atoms with Crippen LogP contribution in [0, 0.1) is 0 Å². The number of nitrogens with zero attached hydrogens (tertiary/aromatic N) is 2. The Balaban J connectivity index is 1.76. The topological polar surface area (TPSA) is 82.3 Å². The SMILES string of the molecule is COCCOc1nc(C2CC2)nc(NC2CCCCC2)c1N. The number of hydrogen-bond acceptors (Lipinski definition) is 6. The zero-order valence-corrected chi connectivity index (χ0v) is 13.3. The van der Waals surface area contributed by atoms with Gasteiger partial charge in [-0.3, -0.25) is 0 Å². The van der Waals surface area contributed by atoms with E-state index in [2.05, 4.69) is 15.3 Å². The van der Waals surface area contributed by atoms with Crippen molar-refractivity contribution in [2.75, 3.05) is 31.4 Å². The Bertz CT molecular complexity index is 499. The Morgan fingerprint density at radius 3 is 2.55 bits per heavy atom. The van der Waals surface area contributed by atoms with E-state index in [4.69, 9.17) is 15.2 Å². The summed E-state index contributed by atoms with van der Waals surface area (Å²) in [4.78, 5) is 9.16. The summed E-state index contributed by atoms with van der Waals surface area (Å²) in [6.45, 7) is 0.971. The molecule has 0 spiro atoms. The highest BCUT2D eigenvalue weighted by atomic mass is 16.5. The van der Waals surface area contributed by atoms with Gasteiger partial charge in [-0.25, -0.2) is 4.98 Å². The molecule has 1 heterocycles. The van der Waals surface area contributed by atoms with Gasteiger partial charge in [-0.1, -0.05) is 19.3 Å². The highest BCUT2D eigenvalue weighted by Gasteiger charge is 2.29. The van der Waals surface area contributed by atoms with Crippen LogP contribution in [0.5, 0.6) is 5.88 Å². The van der Waals surface area contributed by atoms with Crippen molar-refractivity contribution in [3.8, 4) is 5.88 Å². The van der Waals surface area contributed by atoms with Crippen molar-refractivity contribution in [1.82, 2.24) is 9.97 Å². The standard InChI is InChI=1S/C16H26N4O2/c1-21-9-10-22-16-13(17)15(18-12-5-3-2-4-6-12)19-14(20-16)11-7-8-11/h11-12H,2-10,17H2,1H3,(H,18,19,20). The molecule has 0 bridgehead atoms. The number of anilines is 2. The summed E-state index contributed by atoms with van der Waals surface area (Å²) >= 11 is 0. The molecule has 3 rings (SSSR count). The predicted octanol–water partition coefficient (Wildman–Crippen LogP) is 2.71. The number of aromatic nitrogens is 2. The fraction of sp³-hybridized carbons (Fsp3) is 0.750. The molecular weight excluding hydrogens is 280 g/mol. The molecule has 6 heteroatoms. The summed E-state index contributed by atoms with van der Waals surface area (Å²) in [5.74, 6) is 2.57. The molecule has 122 valence electrons. The number of nitrogens with two attached hydrogens (primary N) is 1. The molecule has 0 aromatic carbocycles. The minimum Gasteiger partial charge on any atom is -0.474 e. The molecule has 0 saturated heterocycles. The van der Waals surface area contributed by atoms with Gasteiger partial charge in [0.2, 0.25) is 5.88 Å². The fourth-order valence-corrected chi connectivity index (χ4v) is 2.87. The summed E-state index contributed by atoms with van der Waals surface area (Å²) in [5, 5.41) is 3.52. The van der Waals surface area contributed by atoms with Gasteiger partial charge in [-0.05, 0) is 25.7 Å². The smallest absolute Gasteiger partial charge is 0.242 e. The minimum absolute atomic E-state index is 0.449. The van der Waals surface area contributed by atoms with Crippen LogP contribution >= 0.6 is 0 Å². The molecule has 2 aliphatic carbocycles. The Hall–Kier alpha value is -1.56. The van der Waals surface area contributed by atoms with E-state index in [-0.39, 0.29) is 0 Å². The van der Waals surface area contributed by atoms with Crippen LogP contribution in [0.25, 0.3) is 0 Å². The molecule has 3 N–H and O–H groups in total. The molecule has 2 aliphatic rings.